The molecule has 0 radical (unpaired) electrons. The Bertz CT molecular complexity index is 598. The SMILES string of the molecule is CCCCC(CC)COP(=O)(O)OCC(CC)CCCC.O=C(O)CC(O)(CC(=O)O)C(=O)O. The van der Waals surface area contributed by atoms with Crippen LogP contribution in [-0.4, -0.2) is 62.0 Å². The number of aliphatic hydroxyl groups is 1. The summed E-state index contributed by atoms with van der Waals surface area (Å²) in [6.45, 7) is 9.10. The molecule has 11 nitrogen and oxygen atoms in total. The first-order valence-corrected chi connectivity index (χ1v) is 13.3. The average molecular weight is 515 g/mol. The van der Waals surface area contributed by atoms with E-state index in [1.807, 2.05) is 0 Å². The van der Waals surface area contributed by atoms with Crippen LogP contribution in [0.3, 0.4) is 0 Å². The van der Waals surface area contributed by atoms with E-state index in [-0.39, 0.29) is 0 Å². The smallest absolute Gasteiger partial charge is 0.472 e. The number of carbonyl (C=O) groups is 3. The Hall–Kier alpha value is -1.52. The molecule has 0 aliphatic carbocycles. The van der Waals surface area contributed by atoms with E-state index in [1.165, 1.54) is 0 Å². The molecule has 0 fully saturated rings. The first kappa shape index (κ1) is 34.6. The van der Waals surface area contributed by atoms with Crippen LogP contribution >= 0.6 is 7.82 Å². The summed E-state index contributed by atoms with van der Waals surface area (Å²) in [5.41, 5.74) is -2.74. The molecule has 0 aliphatic rings. The van der Waals surface area contributed by atoms with Crippen LogP contribution in [0.1, 0.15) is 91.9 Å². The van der Waals surface area contributed by atoms with Crippen LogP contribution in [0, 0.1) is 11.8 Å². The van der Waals surface area contributed by atoms with Gasteiger partial charge >= 0.3 is 25.7 Å². The summed E-state index contributed by atoms with van der Waals surface area (Å²) in [7, 11) is -3.89. The molecule has 0 aliphatic heterocycles. The third kappa shape index (κ3) is 17.9. The van der Waals surface area contributed by atoms with Gasteiger partial charge in [0.2, 0.25) is 0 Å². The summed E-state index contributed by atoms with van der Waals surface area (Å²) < 4.78 is 22.2. The molecular weight excluding hydrogens is 471 g/mol. The Kier molecular flexibility index (Phi) is 19.1. The summed E-state index contributed by atoms with van der Waals surface area (Å²) >= 11 is 0. The lowest BCUT2D eigenvalue weighted by molar-refractivity contribution is -0.170. The fourth-order valence-corrected chi connectivity index (χ4v) is 3.82. The maximum absolute atomic E-state index is 11.9. The summed E-state index contributed by atoms with van der Waals surface area (Å²) in [5, 5.41) is 33.8. The van der Waals surface area contributed by atoms with Crippen LogP contribution in [0.5, 0.6) is 0 Å². The first-order valence-electron chi connectivity index (χ1n) is 11.8. The average Bonchev–Trinajstić information content (AvgIpc) is 2.73. The van der Waals surface area contributed by atoms with E-state index in [4.69, 9.17) is 29.5 Å². The third-order valence-electron chi connectivity index (χ3n) is 5.32. The predicted molar refractivity (Wildman–Crippen MR) is 125 cm³/mol. The van der Waals surface area contributed by atoms with Crippen molar-refractivity contribution in [3.63, 3.8) is 0 Å². The lowest BCUT2D eigenvalue weighted by Crippen LogP contribution is -2.42. The third-order valence-corrected chi connectivity index (χ3v) is 6.27. The Morgan fingerprint density at radius 1 is 0.794 bits per heavy atom. The van der Waals surface area contributed by atoms with Gasteiger partial charge in [0.1, 0.15) is 0 Å². The molecule has 2 atom stereocenters. The van der Waals surface area contributed by atoms with Gasteiger partial charge < -0.3 is 25.3 Å². The molecule has 0 aromatic heterocycles. The van der Waals surface area contributed by atoms with Gasteiger partial charge in [0.25, 0.3) is 0 Å². The number of phosphoric ester groups is 1. The molecule has 0 saturated heterocycles. The van der Waals surface area contributed by atoms with E-state index in [1.54, 1.807) is 0 Å². The Morgan fingerprint density at radius 3 is 1.38 bits per heavy atom. The summed E-state index contributed by atoms with van der Waals surface area (Å²) in [6, 6.07) is 0. The van der Waals surface area contributed by atoms with Crippen LogP contribution in [-0.2, 0) is 28.0 Å². The van der Waals surface area contributed by atoms with E-state index in [9.17, 15) is 23.8 Å². The molecule has 0 amide bonds. The predicted octanol–water partition coefficient (Wildman–Crippen LogP) is 4.30. The highest BCUT2D eigenvalue weighted by molar-refractivity contribution is 7.47. The van der Waals surface area contributed by atoms with Crippen molar-refractivity contribution in [2.75, 3.05) is 13.2 Å². The zero-order valence-electron chi connectivity index (χ0n) is 20.8. The van der Waals surface area contributed by atoms with Crippen molar-refractivity contribution >= 4 is 25.7 Å². The highest BCUT2D eigenvalue weighted by Crippen LogP contribution is 2.44. The molecule has 5 N–H and O–H groups in total. The number of aliphatic carboxylic acids is 3. The standard InChI is InChI=1S/C16H35O4P.C6H8O7/c1-5-9-11-15(7-3)13-19-21(17,18)20-14-16(8-4)12-10-6-2;7-3(8)1-6(13,5(11)12)2-4(9)10/h15-16H,5-14H2,1-4H3,(H,17,18);13H,1-2H2,(H,7,8)(H,9,10)(H,11,12). The molecule has 0 heterocycles. The van der Waals surface area contributed by atoms with Crippen LogP contribution in [0.15, 0.2) is 0 Å². The van der Waals surface area contributed by atoms with E-state index in [0.29, 0.717) is 25.0 Å². The van der Waals surface area contributed by atoms with Crippen molar-refractivity contribution in [3.05, 3.63) is 0 Å². The number of carboxylic acid groups (broad SMARTS) is 3. The number of hydrogen-bond acceptors (Lipinski definition) is 7. The zero-order valence-corrected chi connectivity index (χ0v) is 21.7. The number of unbranched alkanes of at least 4 members (excludes halogenated alkanes) is 2. The molecule has 12 heteroatoms. The van der Waals surface area contributed by atoms with Gasteiger partial charge in [-0.15, -0.1) is 0 Å². The van der Waals surface area contributed by atoms with Gasteiger partial charge in [-0.1, -0.05) is 66.2 Å². The highest BCUT2D eigenvalue weighted by Gasteiger charge is 2.40. The highest BCUT2D eigenvalue weighted by atomic mass is 31.2. The molecule has 0 aromatic rings. The molecule has 0 bridgehead atoms. The van der Waals surface area contributed by atoms with E-state index in [0.717, 1.165) is 51.4 Å². The van der Waals surface area contributed by atoms with Crippen LogP contribution in [0.2, 0.25) is 0 Å². The molecular formula is C22H43O11P. The summed E-state index contributed by atoms with van der Waals surface area (Å²) in [5.74, 6) is -4.33. The number of phosphoric acid groups is 1. The van der Waals surface area contributed by atoms with Crippen molar-refractivity contribution in [1.29, 1.82) is 0 Å². The Balaban J connectivity index is 0. The van der Waals surface area contributed by atoms with Gasteiger partial charge in [0, 0.05) is 0 Å². The molecule has 0 rings (SSSR count). The largest absolute Gasteiger partial charge is 0.481 e. The fraction of sp³-hybridized carbons (Fsp3) is 0.864. The Morgan fingerprint density at radius 2 is 1.15 bits per heavy atom. The minimum atomic E-state index is -3.89. The molecule has 34 heavy (non-hydrogen) atoms. The second-order valence-corrected chi connectivity index (χ2v) is 9.82. The van der Waals surface area contributed by atoms with Gasteiger partial charge in [-0.25, -0.2) is 9.36 Å². The van der Waals surface area contributed by atoms with Crippen molar-refractivity contribution in [2.45, 2.75) is 97.5 Å². The van der Waals surface area contributed by atoms with Crippen LogP contribution in [0.4, 0.5) is 0 Å². The number of carboxylic acids is 3. The quantitative estimate of drug-likeness (QED) is 0.155. The lowest BCUT2D eigenvalue weighted by atomic mass is 9.96. The first-order chi connectivity index (χ1) is 15.8. The fourth-order valence-electron chi connectivity index (χ4n) is 2.95. The topological polar surface area (TPSA) is 188 Å². The minimum Gasteiger partial charge on any atom is -0.481 e. The van der Waals surface area contributed by atoms with Crippen molar-refractivity contribution in [2.24, 2.45) is 11.8 Å². The van der Waals surface area contributed by atoms with Crippen molar-refractivity contribution in [3.8, 4) is 0 Å². The minimum absolute atomic E-state index is 0.316. The molecule has 0 saturated carbocycles. The second kappa shape index (κ2) is 18.8. The van der Waals surface area contributed by atoms with Gasteiger partial charge in [-0.3, -0.25) is 18.6 Å². The Labute approximate surface area is 202 Å². The normalized spacial score (nSPS) is 14.9. The number of rotatable bonds is 19. The summed E-state index contributed by atoms with van der Waals surface area (Å²) in [6.07, 6.45) is 6.27. The molecule has 202 valence electrons. The van der Waals surface area contributed by atoms with Crippen LogP contribution < -0.4 is 0 Å². The van der Waals surface area contributed by atoms with Gasteiger partial charge in [0.05, 0.1) is 26.1 Å². The van der Waals surface area contributed by atoms with Gasteiger partial charge in [0.15, 0.2) is 5.60 Å². The monoisotopic (exact) mass is 514 g/mol. The maximum atomic E-state index is 11.9. The number of hydrogen-bond donors (Lipinski definition) is 5. The van der Waals surface area contributed by atoms with E-state index < -0.39 is 44.2 Å². The molecule has 0 spiro atoms. The summed E-state index contributed by atoms with van der Waals surface area (Å²) in [4.78, 5) is 40.2. The van der Waals surface area contributed by atoms with Crippen molar-refractivity contribution < 1.29 is 53.3 Å². The van der Waals surface area contributed by atoms with Crippen molar-refractivity contribution in [1.82, 2.24) is 0 Å². The van der Waals surface area contributed by atoms with Gasteiger partial charge in [-0.2, -0.15) is 0 Å². The van der Waals surface area contributed by atoms with E-state index in [2.05, 4.69) is 27.7 Å². The molecule has 2 unspecified atom stereocenters. The van der Waals surface area contributed by atoms with Gasteiger partial charge in [-0.05, 0) is 24.7 Å². The van der Waals surface area contributed by atoms with E-state index >= 15 is 0 Å². The second-order valence-electron chi connectivity index (χ2n) is 8.37. The maximum Gasteiger partial charge on any atom is 0.472 e. The molecule has 0 aromatic carbocycles. The van der Waals surface area contributed by atoms with Crippen LogP contribution in [0.25, 0.3) is 0 Å². The zero-order chi connectivity index (χ0) is 26.8. The lowest BCUT2D eigenvalue weighted by Gasteiger charge is -2.20.